The average Bonchev–Trinajstić information content (AvgIpc) is 2.43. The van der Waals surface area contributed by atoms with Crippen molar-refractivity contribution in [2.45, 2.75) is 32.8 Å². The van der Waals surface area contributed by atoms with Gasteiger partial charge < -0.3 is 9.84 Å². The van der Waals surface area contributed by atoms with Gasteiger partial charge in [0, 0.05) is 12.0 Å². The third kappa shape index (κ3) is 3.04. The van der Waals surface area contributed by atoms with Crippen molar-refractivity contribution < 1.29 is 24.2 Å². The molecule has 1 atom stereocenters. The summed E-state index contributed by atoms with van der Waals surface area (Å²) < 4.78 is 5.46. The van der Waals surface area contributed by atoms with Crippen LogP contribution < -0.4 is 9.64 Å². The third-order valence-electron chi connectivity index (χ3n) is 3.26. The number of anilines is 1. The van der Waals surface area contributed by atoms with Crippen molar-refractivity contribution in [1.29, 1.82) is 0 Å². The first-order valence-electron chi connectivity index (χ1n) is 6.81. The van der Waals surface area contributed by atoms with Gasteiger partial charge in [0.05, 0.1) is 5.69 Å². The van der Waals surface area contributed by atoms with Gasteiger partial charge in [-0.25, -0.2) is 0 Å². The number of nitrogens with zero attached hydrogens (tertiary/aromatic N) is 1. The highest BCUT2D eigenvalue weighted by Gasteiger charge is 2.33. The van der Waals surface area contributed by atoms with Crippen molar-refractivity contribution >= 4 is 23.3 Å². The molecule has 0 fully saturated rings. The topological polar surface area (TPSA) is 83.9 Å². The van der Waals surface area contributed by atoms with Crippen LogP contribution in [0.15, 0.2) is 18.2 Å². The van der Waals surface area contributed by atoms with Gasteiger partial charge in [0.15, 0.2) is 11.9 Å². The van der Waals surface area contributed by atoms with Gasteiger partial charge in [0.2, 0.25) is 0 Å². The summed E-state index contributed by atoms with van der Waals surface area (Å²) in [4.78, 5) is 36.1. The lowest BCUT2D eigenvalue weighted by molar-refractivity contribution is -0.137. The van der Waals surface area contributed by atoms with Gasteiger partial charge in [0.1, 0.15) is 12.3 Å². The Kier molecular flexibility index (Phi) is 4.26. The van der Waals surface area contributed by atoms with Crippen LogP contribution in [0.3, 0.4) is 0 Å². The molecule has 0 saturated carbocycles. The van der Waals surface area contributed by atoms with E-state index in [1.54, 1.807) is 19.1 Å². The molecule has 0 radical (unpaired) electrons. The van der Waals surface area contributed by atoms with E-state index in [4.69, 9.17) is 9.84 Å². The summed E-state index contributed by atoms with van der Waals surface area (Å²) in [7, 11) is 0. The molecule has 1 heterocycles. The molecule has 112 valence electrons. The first-order valence-corrected chi connectivity index (χ1v) is 6.81. The lowest BCUT2D eigenvalue weighted by atomic mass is 10.0. The maximum Gasteiger partial charge on any atom is 0.323 e. The molecule has 1 N–H and O–H groups in total. The van der Waals surface area contributed by atoms with Crippen LogP contribution in [0.4, 0.5) is 5.69 Å². The van der Waals surface area contributed by atoms with E-state index in [1.165, 1.54) is 6.07 Å². The predicted octanol–water partition coefficient (Wildman–Crippen LogP) is 1.87. The second kappa shape index (κ2) is 5.95. The fourth-order valence-electron chi connectivity index (χ4n) is 2.25. The average molecular weight is 291 g/mol. The molecule has 0 saturated heterocycles. The predicted molar refractivity (Wildman–Crippen MR) is 75.8 cm³/mol. The minimum Gasteiger partial charge on any atom is -0.480 e. The van der Waals surface area contributed by atoms with Crippen molar-refractivity contribution in [3.63, 3.8) is 0 Å². The minimum atomic E-state index is -1.12. The van der Waals surface area contributed by atoms with Crippen LogP contribution in [0, 0.1) is 0 Å². The van der Waals surface area contributed by atoms with Crippen LogP contribution in [0.25, 0.3) is 0 Å². The highest BCUT2D eigenvalue weighted by molar-refractivity contribution is 6.05. The van der Waals surface area contributed by atoms with Crippen LogP contribution in [-0.4, -0.2) is 35.4 Å². The van der Waals surface area contributed by atoms with E-state index < -0.39 is 24.5 Å². The summed E-state index contributed by atoms with van der Waals surface area (Å²) in [6, 6.07) is 4.77. The molecule has 1 unspecified atom stereocenters. The molecule has 0 spiro atoms. The number of ether oxygens (including phenoxy) is 1. The Labute approximate surface area is 122 Å². The molecule has 2 rings (SSSR count). The molecule has 0 aliphatic carbocycles. The SMILES string of the molecule is CCCC(=O)c1ccc2c(c1)N(CC(=O)O)C(=O)C(C)O2. The van der Waals surface area contributed by atoms with Gasteiger partial charge in [-0.1, -0.05) is 6.92 Å². The summed E-state index contributed by atoms with van der Waals surface area (Å²) in [6.07, 6.45) is 0.387. The molecule has 1 aliphatic heterocycles. The van der Waals surface area contributed by atoms with Crippen molar-refractivity contribution in [2.75, 3.05) is 11.4 Å². The number of aliphatic carboxylic acids is 1. The first kappa shape index (κ1) is 15.0. The Morgan fingerprint density at radius 3 is 2.71 bits per heavy atom. The number of rotatable bonds is 5. The van der Waals surface area contributed by atoms with E-state index in [0.717, 1.165) is 11.3 Å². The molecular formula is C15H17NO5. The number of ketones is 1. The van der Waals surface area contributed by atoms with E-state index >= 15 is 0 Å². The van der Waals surface area contributed by atoms with Crippen LogP contribution in [-0.2, 0) is 9.59 Å². The zero-order valence-electron chi connectivity index (χ0n) is 12.0. The van der Waals surface area contributed by atoms with E-state index in [1.807, 2.05) is 6.92 Å². The van der Waals surface area contributed by atoms with Crippen molar-refractivity contribution in [1.82, 2.24) is 0 Å². The van der Waals surface area contributed by atoms with E-state index in [2.05, 4.69) is 0 Å². The normalized spacial score (nSPS) is 17.1. The lowest BCUT2D eigenvalue weighted by Gasteiger charge is -2.32. The molecule has 0 bridgehead atoms. The summed E-state index contributed by atoms with van der Waals surface area (Å²) in [5, 5.41) is 8.96. The zero-order chi connectivity index (χ0) is 15.6. The molecule has 1 aliphatic rings. The molecule has 21 heavy (non-hydrogen) atoms. The summed E-state index contributed by atoms with van der Waals surface area (Å²) >= 11 is 0. The smallest absolute Gasteiger partial charge is 0.323 e. The number of Topliss-reactive ketones (excluding diaryl/α,β-unsaturated/α-hetero) is 1. The largest absolute Gasteiger partial charge is 0.480 e. The number of hydrogen-bond donors (Lipinski definition) is 1. The molecule has 0 aromatic heterocycles. The van der Waals surface area contributed by atoms with Crippen LogP contribution in [0.2, 0.25) is 0 Å². The van der Waals surface area contributed by atoms with Gasteiger partial charge in [-0.2, -0.15) is 0 Å². The Balaban J connectivity index is 2.42. The fourth-order valence-corrected chi connectivity index (χ4v) is 2.25. The van der Waals surface area contributed by atoms with Crippen LogP contribution in [0.5, 0.6) is 5.75 Å². The van der Waals surface area contributed by atoms with Crippen molar-refractivity contribution in [3.05, 3.63) is 23.8 Å². The summed E-state index contributed by atoms with van der Waals surface area (Å²) in [5.74, 6) is -1.17. The molecule has 6 nitrogen and oxygen atoms in total. The maximum atomic E-state index is 12.1. The Morgan fingerprint density at radius 1 is 1.38 bits per heavy atom. The number of fused-ring (bicyclic) bond motifs is 1. The van der Waals surface area contributed by atoms with E-state index in [0.29, 0.717) is 23.4 Å². The number of carboxylic acid groups (broad SMARTS) is 1. The number of carboxylic acids is 1. The van der Waals surface area contributed by atoms with Gasteiger partial charge in [-0.3, -0.25) is 19.3 Å². The van der Waals surface area contributed by atoms with Gasteiger partial charge in [-0.05, 0) is 31.5 Å². The quantitative estimate of drug-likeness (QED) is 0.837. The monoisotopic (exact) mass is 291 g/mol. The third-order valence-corrected chi connectivity index (χ3v) is 3.26. The lowest BCUT2D eigenvalue weighted by Crippen LogP contribution is -2.46. The highest BCUT2D eigenvalue weighted by atomic mass is 16.5. The Morgan fingerprint density at radius 2 is 2.10 bits per heavy atom. The molecule has 6 heteroatoms. The van der Waals surface area contributed by atoms with Crippen molar-refractivity contribution in [2.24, 2.45) is 0 Å². The van der Waals surface area contributed by atoms with Crippen molar-refractivity contribution in [3.8, 4) is 5.75 Å². The second-order valence-corrected chi connectivity index (χ2v) is 4.93. The minimum absolute atomic E-state index is 0.0401. The molecule has 1 aromatic rings. The number of amides is 1. The van der Waals surface area contributed by atoms with Gasteiger partial charge >= 0.3 is 5.97 Å². The zero-order valence-corrected chi connectivity index (χ0v) is 12.0. The molecular weight excluding hydrogens is 274 g/mol. The second-order valence-electron chi connectivity index (χ2n) is 4.93. The molecule has 1 aromatic carbocycles. The first-order chi connectivity index (χ1) is 9.93. The number of carbonyl (C=O) groups is 3. The number of hydrogen-bond acceptors (Lipinski definition) is 4. The van der Waals surface area contributed by atoms with E-state index in [-0.39, 0.29) is 5.78 Å². The highest BCUT2D eigenvalue weighted by Crippen LogP contribution is 2.35. The Hall–Kier alpha value is -2.37. The number of benzene rings is 1. The summed E-state index contributed by atoms with van der Waals surface area (Å²) in [6.45, 7) is 3.02. The van der Waals surface area contributed by atoms with Crippen LogP contribution in [0.1, 0.15) is 37.0 Å². The standard InChI is InChI=1S/C15H17NO5/c1-3-4-12(17)10-5-6-13-11(7-10)16(8-14(18)19)15(20)9(2)21-13/h5-7,9H,3-4,8H2,1-2H3,(H,18,19). The van der Waals surface area contributed by atoms with Gasteiger partial charge in [0.25, 0.3) is 5.91 Å². The Bertz CT molecular complexity index is 596. The number of carbonyl (C=O) groups excluding carboxylic acids is 2. The van der Waals surface area contributed by atoms with Crippen LogP contribution >= 0.6 is 0 Å². The van der Waals surface area contributed by atoms with Gasteiger partial charge in [-0.15, -0.1) is 0 Å². The molecule has 1 amide bonds. The fraction of sp³-hybridized carbons (Fsp3) is 0.400. The summed E-state index contributed by atoms with van der Waals surface area (Å²) in [5.41, 5.74) is 0.791. The van der Waals surface area contributed by atoms with E-state index in [9.17, 15) is 14.4 Å². The maximum absolute atomic E-state index is 12.1.